The molecule has 0 saturated carbocycles. The highest BCUT2D eigenvalue weighted by molar-refractivity contribution is 9.10. The number of carbonyl (C=O) groups is 2. The Morgan fingerprint density at radius 2 is 1.82 bits per heavy atom. The van der Waals surface area contributed by atoms with E-state index in [1.807, 2.05) is 12.1 Å². The molecule has 0 atom stereocenters. The number of ether oxygens (including phenoxy) is 2. The van der Waals surface area contributed by atoms with Crippen LogP contribution in [0.3, 0.4) is 0 Å². The highest BCUT2D eigenvalue weighted by Gasteiger charge is 2.12. The summed E-state index contributed by atoms with van der Waals surface area (Å²) < 4.78 is 24.2. The molecule has 0 aliphatic heterocycles. The minimum absolute atomic E-state index is 0.123. The van der Waals surface area contributed by atoms with Gasteiger partial charge in [0.1, 0.15) is 17.3 Å². The first-order chi connectivity index (χ1) is 13.4. The van der Waals surface area contributed by atoms with Gasteiger partial charge in [0.25, 0.3) is 5.91 Å². The summed E-state index contributed by atoms with van der Waals surface area (Å²) in [4.78, 5) is 24.0. The molecule has 0 unspecified atom stereocenters. The first-order valence-electron chi connectivity index (χ1n) is 8.65. The molecule has 0 bridgehead atoms. The Morgan fingerprint density at radius 1 is 1.04 bits per heavy atom. The van der Waals surface area contributed by atoms with Gasteiger partial charge in [0.15, 0.2) is 0 Å². The number of benzene rings is 2. The SMILES string of the molecule is COc1ccc(CCNC(=O)CCNC(=O)c2cc(F)ccc2Br)c(OC)c1. The van der Waals surface area contributed by atoms with E-state index in [1.54, 1.807) is 20.3 Å². The van der Waals surface area contributed by atoms with Gasteiger partial charge in [-0.3, -0.25) is 9.59 Å². The van der Waals surface area contributed by atoms with Gasteiger partial charge >= 0.3 is 0 Å². The van der Waals surface area contributed by atoms with Gasteiger partial charge in [0, 0.05) is 30.0 Å². The molecule has 2 aromatic carbocycles. The van der Waals surface area contributed by atoms with E-state index in [0.29, 0.717) is 28.9 Å². The monoisotopic (exact) mass is 452 g/mol. The Kier molecular flexibility index (Phi) is 8.25. The predicted molar refractivity (Wildman–Crippen MR) is 107 cm³/mol. The van der Waals surface area contributed by atoms with Gasteiger partial charge in [-0.15, -0.1) is 0 Å². The summed E-state index contributed by atoms with van der Waals surface area (Å²) in [5.74, 6) is 0.264. The van der Waals surface area contributed by atoms with Crippen LogP contribution in [-0.2, 0) is 11.2 Å². The van der Waals surface area contributed by atoms with E-state index in [1.165, 1.54) is 12.1 Å². The van der Waals surface area contributed by atoms with Crippen molar-refractivity contribution in [3.8, 4) is 11.5 Å². The zero-order valence-corrected chi connectivity index (χ0v) is 17.3. The largest absolute Gasteiger partial charge is 0.497 e. The van der Waals surface area contributed by atoms with Crippen molar-refractivity contribution in [3.63, 3.8) is 0 Å². The molecule has 0 fully saturated rings. The average Bonchev–Trinajstić information content (AvgIpc) is 2.69. The molecule has 2 aromatic rings. The van der Waals surface area contributed by atoms with Gasteiger partial charge in [0.2, 0.25) is 5.91 Å². The topological polar surface area (TPSA) is 76.7 Å². The van der Waals surface area contributed by atoms with Crippen molar-refractivity contribution in [2.75, 3.05) is 27.3 Å². The fraction of sp³-hybridized carbons (Fsp3) is 0.300. The van der Waals surface area contributed by atoms with Gasteiger partial charge in [-0.05, 0) is 52.2 Å². The van der Waals surface area contributed by atoms with Crippen molar-refractivity contribution in [1.29, 1.82) is 0 Å². The maximum Gasteiger partial charge on any atom is 0.252 e. The van der Waals surface area contributed by atoms with E-state index in [2.05, 4.69) is 26.6 Å². The molecular formula is C20H22BrFN2O4. The van der Waals surface area contributed by atoms with E-state index in [0.717, 1.165) is 11.6 Å². The first-order valence-corrected chi connectivity index (χ1v) is 9.44. The van der Waals surface area contributed by atoms with Gasteiger partial charge in [-0.2, -0.15) is 0 Å². The standard InChI is InChI=1S/C20H22BrFN2O4/c1-27-15-5-3-13(18(12-15)28-2)7-9-23-19(25)8-10-24-20(26)16-11-14(22)4-6-17(16)21/h3-6,11-12H,7-10H2,1-2H3,(H,23,25)(H,24,26). The smallest absolute Gasteiger partial charge is 0.252 e. The van der Waals surface area contributed by atoms with Crippen LogP contribution in [0.1, 0.15) is 22.3 Å². The maximum absolute atomic E-state index is 13.3. The predicted octanol–water partition coefficient (Wildman–Crippen LogP) is 3.08. The number of amides is 2. The highest BCUT2D eigenvalue weighted by atomic mass is 79.9. The number of halogens is 2. The van der Waals surface area contributed by atoms with Crippen molar-refractivity contribution >= 4 is 27.7 Å². The van der Waals surface area contributed by atoms with Crippen molar-refractivity contribution in [1.82, 2.24) is 10.6 Å². The molecule has 8 heteroatoms. The summed E-state index contributed by atoms with van der Waals surface area (Å²) in [5, 5.41) is 5.41. The summed E-state index contributed by atoms with van der Waals surface area (Å²) in [7, 11) is 3.16. The lowest BCUT2D eigenvalue weighted by molar-refractivity contribution is -0.120. The molecule has 28 heavy (non-hydrogen) atoms. The molecule has 2 N–H and O–H groups in total. The third kappa shape index (κ3) is 6.23. The Bertz CT molecular complexity index is 845. The number of nitrogens with one attached hydrogen (secondary N) is 2. The summed E-state index contributed by atoms with van der Waals surface area (Å²) in [5.41, 5.74) is 1.14. The Balaban J connectivity index is 1.74. The molecule has 0 saturated heterocycles. The third-order valence-electron chi connectivity index (χ3n) is 4.02. The zero-order chi connectivity index (χ0) is 20.5. The van der Waals surface area contributed by atoms with Gasteiger partial charge < -0.3 is 20.1 Å². The quantitative estimate of drug-likeness (QED) is 0.612. The minimum Gasteiger partial charge on any atom is -0.497 e. The van der Waals surface area contributed by atoms with Gasteiger partial charge in [0.05, 0.1) is 19.8 Å². The summed E-state index contributed by atoms with van der Waals surface area (Å²) in [6.45, 7) is 0.588. The highest BCUT2D eigenvalue weighted by Crippen LogP contribution is 2.24. The fourth-order valence-corrected chi connectivity index (χ4v) is 2.97. The van der Waals surface area contributed by atoms with Crippen LogP contribution >= 0.6 is 15.9 Å². The summed E-state index contributed by atoms with van der Waals surface area (Å²) in [6.07, 6.45) is 0.722. The van der Waals surface area contributed by atoms with Crippen LogP contribution in [0.15, 0.2) is 40.9 Å². The molecule has 2 rings (SSSR count). The van der Waals surface area contributed by atoms with Crippen molar-refractivity contribution in [3.05, 3.63) is 57.8 Å². The van der Waals surface area contributed by atoms with Crippen LogP contribution in [0.25, 0.3) is 0 Å². The molecule has 6 nitrogen and oxygen atoms in total. The summed E-state index contributed by atoms with van der Waals surface area (Å²) in [6, 6.07) is 9.37. The molecule has 2 amide bonds. The lowest BCUT2D eigenvalue weighted by Gasteiger charge is -2.11. The molecular weight excluding hydrogens is 431 g/mol. The van der Waals surface area contributed by atoms with Crippen LogP contribution in [-0.4, -0.2) is 39.1 Å². The second kappa shape index (κ2) is 10.7. The molecule has 0 aliphatic rings. The Labute approximate surface area is 171 Å². The van der Waals surface area contributed by atoms with Crippen LogP contribution in [0, 0.1) is 5.82 Å². The Hall–Kier alpha value is -2.61. The van der Waals surface area contributed by atoms with Crippen molar-refractivity contribution in [2.24, 2.45) is 0 Å². The molecule has 0 heterocycles. The maximum atomic E-state index is 13.3. The van der Waals surface area contributed by atoms with Crippen LogP contribution in [0.4, 0.5) is 4.39 Å². The number of methoxy groups -OCH3 is 2. The minimum atomic E-state index is -0.500. The van der Waals surface area contributed by atoms with Crippen LogP contribution in [0.5, 0.6) is 11.5 Å². The van der Waals surface area contributed by atoms with Crippen LogP contribution in [0.2, 0.25) is 0 Å². The third-order valence-corrected chi connectivity index (χ3v) is 4.71. The summed E-state index contributed by atoms with van der Waals surface area (Å²) >= 11 is 3.20. The lowest BCUT2D eigenvalue weighted by atomic mass is 10.1. The van der Waals surface area contributed by atoms with E-state index in [9.17, 15) is 14.0 Å². The average molecular weight is 453 g/mol. The van der Waals surface area contributed by atoms with E-state index >= 15 is 0 Å². The zero-order valence-electron chi connectivity index (χ0n) is 15.7. The van der Waals surface area contributed by atoms with Crippen LogP contribution < -0.4 is 20.1 Å². The number of hydrogen-bond acceptors (Lipinski definition) is 4. The number of rotatable bonds is 9. The normalized spacial score (nSPS) is 10.3. The van der Waals surface area contributed by atoms with E-state index < -0.39 is 11.7 Å². The molecule has 0 aromatic heterocycles. The first kappa shape index (κ1) is 21.7. The number of hydrogen-bond donors (Lipinski definition) is 2. The number of carbonyl (C=O) groups excluding carboxylic acids is 2. The molecule has 150 valence electrons. The van der Waals surface area contributed by atoms with Gasteiger partial charge in [-0.1, -0.05) is 6.07 Å². The van der Waals surface area contributed by atoms with Crippen molar-refractivity contribution in [2.45, 2.75) is 12.8 Å². The molecule has 0 spiro atoms. The van der Waals surface area contributed by atoms with E-state index in [4.69, 9.17) is 9.47 Å². The van der Waals surface area contributed by atoms with Gasteiger partial charge in [-0.25, -0.2) is 4.39 Å². The second-order valence-corrected chi connectivity index (χ2v) is 6.76. The molecule has 0 radical (unpaired) electrons. The van der Waals surface area contributed by atoms with E-state index in [-0.39, 0.29) is 24.4 Å². The Morgan fingerprint density at radius 3 is 2.54 bits per heavy atom. The second-order valence-electron chi connectivity index (χ2n) is 5.91. The molecule has 0 aliphatic carbocycles. The van der Waals surface area contributed by atoms with Crippen molar-refractivity contribution < 1.29 is 23.5 Å². The lowest BCUT2D eigenvalue weighted by Crippen LogP contribution is -2.31. The fourth-order valence-electron chi connectivity index (χ4n) is 2.54.